The summed E-state index contributed by atoms with van der Waals surface area (Å²) >= 11 is 4.88. The molecule has 2 rings (SSSR count). The van der Waals surface area contributed by atoms with Crippen molar-refractivity contribution in [1.29, 1.82) is 0 Å². The van der Waals surface area contributed by atoms with Crippen LogP contribution in [0.25, 0.3) is 0 Å². The van der Waals surface area contributed by atoms with E-state index in [1.54, 1.807) is 0 Å². The van der Waals surface area contributed by atoms with Crippen molar-refractivity contribution in [3.63, 3.8) is 0 Å². The molecule has 3 N–H and O–H groups in total. The zero-order valence-electron chi connectivity index (χ0n) is 8.07. The van der Waals surface area contributed by atoms with Gasteiger partial charge >= 0.3 is 5.69 Å². The van der Waals surface area contributed by atoms with Gasteiger partial charge < -0.3 is 5.73 Å². The van der Waals surface area contributed by atoms with Crippen molar-refractivity contribution in [2.24, 2.45) is 0 Å². The largest absolute Gasteiger partial charge is 0.385 e. The Bertz CT molecular complexity index is 628. The summed E-state index contributed by atoms with van der Waals surface area (Å²) in [6, 6.07) is 3.09. The van der Waals surface area contributed by atoms with Gasteiger partial charge in [-0.05, 0) is 27.4 Å². The van der Waals surface area contributed by atoms with Crippen LogP contribution in [0, 0.1) is 0 Å². The number of nitrogens with two attached hydrogens (primary N) is 1. The normalized spacial score (nSPS) is 10.6. The van der Waals surface area contributed by atoms with Gasteiger partial charge in [-0.1, -0.05) is 0 Å². The maximum atomic E-state index is 11.5. The lowest BCUT2D eigenvalue weighted by molar-refractivity contribution is 0.739. The van der Waals surface area contributed by atoms with Crippen molar-refractivity contribution in [2.75, 3.05) is 5.73 Å². The molecule has 2 heterocycles. The fraction of sp³-hybridized carbons (Fsp3) is 0.111. The Hall–Kier alpha value is -1.34. The summed E-state index contributed by atoms with van der Waals surface area (Å²) in [7, 11) is 0. The molecule has 0 aliphatic carbocycles. The van der Waals surface area contributed by atoms with Gasteiger partial charge in [-0.15, -0.1) is 11.3 Å². The quantitative estimate of drug-likeness (QED) is 0.868. The van der Waals surface area contributed by atoms with Crippen molar-refractivity contribution >= 4 is 33.1 Å². The summed E-state index contributed by atoms with van der Waals surface area (Å²) in [5.41, 5.74) is 4.64. The predicted molar refractivity (Wildman–Crippen MR) is 66.9 cm³/mol. The molecule has 84 valence electrons. The number of hydrogen-bond acceptors (Lipinski definition) is 4. The standard InChI is InChI=1S/C9H8BrN3O2S/c10-5-1-2-16-6(5)4-13-7(11)3-8(14)12-9(13)15/h1-3H,4,11H2,(H,12,14,15). The highest BCUT2D eigenvalue weighted by molar-refractivity contribution is 9.10. The minimum atomic E-state index is -0.495. The second-order valence-corrected chi connectivity index (χ2v) is 5.00. The number of rotatable bonds is 2. The Balaban J connectivity index is 2.47. The van der Waals surface area contributed by atoms with E-state index in [-0.39, 0.29) is 5.82 Å². The maximum absolute atomic E-state index is 11.5. The Kier molecular flexibility index (Phi) is 2.97. The summed E-state index contributed by atoms with van der Waals surface area (Å²) in [5, 5.41) is 1.91. The molecule has 0 aliphatic rings. The molecule has 0 aliphatic heterocycles. The van der Waals surface area contributed by atoms with Crippen LogP contribution in [0.2, 0.25) is 0 Å². The average molecular weight is 302 g/mol. The van der Waals surface area contributed by atoms with Crippen LogP contribution in [0.5, 0.6) is 0 Å². The van der Waals surface area contributed by atoms with Crippen molar-refractivity contribution in [3.05, 3.63) is 47.7 Å². The molecule has 0 amide bonds. The summed E-state index contributed by atoms with van der Waals surface area (Å²) < 4.78 is 2.24. The van der Waals surface area contributed by atoms with Gasteiger partial charge in [0.1, 0.15) is 5.82 Å². The first kappa shape index (κ1) is 11.2. The van der Waals surface area contributed by atoms with E-state index < -0.39 is 11.2 Å². The van der Waals surface area contributed by atoms with Crippen molar-refractivity contribution in [1.82, 2.24) is 9.55 Å². The molecule has 5 nitrogen and oxygen atoms in total. The third-order valence-corrected chi connectivity index (χ3v) is 3.97. The molecule has 0 bridgehead atoms. The molecule has 0 spiro atoms. The van der Waals surface area contributed by atoms with Gasteiger partial charge in [0.05, 0.1) is 6.54 Å². The van der Waals surface area contributed by atoms with Gasteiger partial charge in [-0.2, -0.15) is 0 Å². The number of nitrogen functional groups attached to an aromatic ring is 1. The van der Waals surface area contributed by atoms with E-state index in [4.69, 9.17) is 5.73 Å². The molecule has 0 saturated carbocycles. The third-order valence-electron chi connectivity index (χ3n) is 2.06. The number of aromatic amines is 1. The van der Waals surface area contributed by atoms with Crippen LogP contribution >= 0.6 is 27.3 Å². The van der Waals surface area contributed by atoms with Crippen LogP contribution in [0.1, 0.15) is 4.88 Å². The number of nitrogens with zero attached hydrogens (tertiary/aromatic N) is 1. The summed E-state index contributed by atoms with van der Waals surface area (Å²) in [6.45, 7) is 0.347. The lowest BCUT2D eigenvalue weighted by Crippen LogP contribution is -2.31. The number of hydrogen-bond donors (Lipinski definition) is 2. The van der Waals surface area contributed by atoms with Gasteiger partial charge in [0.15, 0.2) is 0 Å². The molecule has 0 saturated heterocycles. The van der Waals surface area contributed by atoms with Crippen LogP contribution in [-0.2, 0) is 6.54 Å². The first-order valence-electron chi connectivity index (χ1n) is 4.39. The van der Waals surface area contributed by atoms with Gasteiger partial charge in [0.25, 0.3) is 5.56 Å². The smallest absolute Gasteiger partial charge is 0.330 e. The number of thiophene rings is 1. The highest BCUT2D eigenvalue weighted by atomic mass is 79.9. The molecule has 0 fully saturated rings. The zero-order chi connectivity index (χ0) is 11.7. The van der Waals surface area contributed by atoms with E-state index >= 15 is 0 Å². The fourth-order valence-electron chi connectivity index (χ4n) is 1.28. The molecule has 0 atom stereocenters. The monoisotopic (exact) mass is 301 g/mol. The molecule has 0 unspecified atom stereocenters. The lowest BCUT2D eigenvalue weighted by atomic mass is 10.4. The molecule has 2 aromatic heterocycles. The molecule has 16 heavy (non-hydrogen) atoms. The number of aromatic nitrogens is 2. The zero-order valence-corrected chi connectivity index (χ0v) is 10.5. The minimum absolute atomic E-state index is 0.161. The van der Waals surface area contributed by atoms with Crippen LogP contribution in [0.3, 0.4) is 0 Å². The highest BCUT2D eigenvalue weighted by Gasteiger charge is 2.07. The fourth-order valence-corrected chi connectivity index (χ4v) is 2.75. The van der Waals surface area contributed by atoms with Crippen LogP contribution < -0.4 is 17.0 Å². The number of nitrogens with one attached hydrogen (secondary N) is 1. The average Bonchev–Trinajstić information content (AvgIpc) is 2.57. The van der Waals surface area contributed by atoms with E-state index in [1.807, 2.05) is 11.4 Å². The van der Waals surface area contributed by atoms with E-state index in [2.05, 4.69) is 20.9 Å². The molecule has 0 radical (unpaired) electrons. The van der Waals surface area contributed by atoms with Crippen molar-refractivity contribution in [2.45, 2.75) is 6.54 Å². The van der Waals surface area contributed by atoms with E-state index in [1.165, 1.54) is 22.0 Å². The van der Waals surface area contributed by atoms with E-state index in [0.717, 1.165) is 9.35 Å². The Labute approximate surface area is 103 Å². The second-order valence-electron chi connectivity index (χ2n) is 3.14. The van der Waals surface area contributed by atoms with Gasteiger partial charge in [0, 0.05) is 15.4 Å². The van der Waals surface area contributed by atoms with Crippen LogP contribution in [0.15, 0.2) is 31.6 Å². The third kappa shape index (κ3) is 2.10. The molecular formula is C9H8BrN3O2S. The Morgan fingerprint density at radius 2 is 2.25 bits per heavy atom. The van der Waals surface area contributed by atoms with Gasteiger partial charge in [-0.25, -0.2) is 4.79 Å². The molecule has 7 heteroatoms. The highest BCUT2D eigenvalue weighted by Crippen LogP contribution is 2.23. The SMILES string of the molecule is Nc1cc(=O)[nH]c(=O)n1Cc1sccc1Br. The first-order valence-corrected chi connectivity index (χ1v) is 6.06. The molecule has 0 aromatic carbocycles. The second kappa shape index (κ2) is 4.26. The predicted octanol–water partition coefficient (Wildman–Crippen LogP) is 0.991. The van der Waals surface area contributed by atoms with E-state index in [0.29, 0.717) is 6.54 Å². The lowest BCUT2D eigenvalue weighted by Gasteiger charge is -2.06. The maximum Gasteiger partial charge on any atom is 0.330 e. The van der Waals surface area contributed by atoms with E-state index in [9.17, 15) is 9.59 Å². The Morgan fingerprint density at radius 3 is 2.81 bits per heavy atom. The first-order chi connectivity index (χ1) is 7.58. The molecular weight excluding hydrogens is 294 g/mol. The Morgan fingerprint density at radius 1 is 1.50 bits per heavy atom. The van der Waals surface area contributed by atoms with Crippen molar-refractivity contribution < 1.29 is 0 Å². The van der Waals surface area contributed by atoms with Gasteiger partial charge in [0.2, 0.25) is 0 Å². The summed E-state index contributed by atoms with van der Waals surface area (Å²) in [4.78, 5) is 25.6. The van der Waals surface area contributed by atoms with Crippen LogP contribution in [0.4, 0.5) is 5.82 Å². The van der Waals surface area contributed by atoms with Crippen molar-refractivity contribution in [3.8, 4) is 0 Å². The topological polar surface area (TPSA) is 80.9 Å². The minimum Gasteiger partial charge on any atom is -0.385 e. The van der Waals surface area contributed by atoms with Crippen LogP contribution in [-0.4, -0.2) is 9.55 Å². The summed E-state index contributed by atoms with van der Waals surface area (Å²) in [6.07, 6.45) is 0. The van der Waals surface area contributed by atoms with Gasteiger partial charge in [-0.3, -0.25) is 14.3 Å². The summed E-state index contributed by atoms with van der Waals surface area (Å²) in [5.74, 6) is 0.161. The number of H-pyrrole nitrogens is 1. The molecule has 2 aromatic rings. The number of halogens is 1. The number of anilines is 1.